The lowest BCUT2D eigenvalue weighted by Crippen LogP contribution is -2.57. The highest BCUT2D eigenvalue weighted by molar-refractivity contribution is 7.85. The van der Waals surface area contributed by atoms with Crippen LogP contribution in [0.1, 0.15) is 18.0 Å². The molecular formula is C13H21N3O3S. The summed E-state index contributed by atoms with van der Waals surface area (Å²) in [6, 6.07) is 10.3. The number of hydrogen-bond donors (Lipinski definition) is 3. The lowest BCUT2D eigenvalue weighted by Gasteiger charge is -2.38. The highest BCUT2D eigenvalue weighted by Crippen LogP contribution is 2.18. The molecule has 0 amide bonds. The third-order valence-electron chi connectivity index (χ3n) is 3.51. The predicted molar refractivity (Wildman–Crippen MR) is 77.8 cm³/mol. The van der Waals surface area contributed by atoms with Crippen molar-refractivity contribution in [1.82, 2.24) is 10.2 Å². The van der Waals surface area contributed by atoms with Gasteiger partial charge in [0.2, 0.25) is 0 Å². The van der Waals surface area contributed by atoms with Crippen LogP contribution in [0.25, 0.3) is 0 Å². The van der Waals surface area contributed by atoms with Crippen molar-refractivity contribution in [3.8, 4) is 0 Å². The fourth-order valence-electron chi connectivity index (χ4n) is 2.44. The number of nitrogens with one attached hydrogen (secondary N) is 1. The molecule has 2 rings (SSSR count). The Morgan fingerprint density at radius 2 is 2.05 bits per heavy atom. The average molecular weight is 299 g/mol. The lowest BCUT2D eigenvalue weighted by atomic mass is 10.0. The molecular weight excluding hydrogens is 278 g/mol. The Morgan fingerprint density at radius 3 is 2.70 bits per heavy atom. The first-order valence-corrected chi connectivity index (χ1v) is 8.30. The molecule has 0 radical (unpaired) electrons. The number of nitrogens with zero attached hydrogens (tertiary/aromatic N) is 1. The third kappa shape index (κ3) is 4.53. The number of hydrogen-bond acceptors (Lipinski definition) is 5. The van der Waals surface area contributed by atoms with Crippen molar-refractivity contribution in [2.24, 2.45) is 5.73 Å². The molecule has 0 aromatic heterocycles. The van der Waals surface area contributed by atoms with Gasteiger partial charge in [0.05, 0.1) is 11.9 Å². The van der Waals surface area contributed by atoms with Crippen LogP contribution in [0.3, 0.4) is 0 Å². The molecule has 0 spiro atoms. The summed E-state index contributed by atoms with van der Waals surface area (Å²) in [5, 5.41) is 3.39. The zero-order valence-electron chi connectivity index (χ0n) is 11.3. The first-order valence-electron chi connectivity index (χ1n) is 6.69. The smallest absolute Gasteiger partial charge is 0.264 e. The first-order chi connectivity index (χ1) is 9.46. The molecule has 1 aliphatic heterocycles. The van der Waals surface area contributed by atoms with Gasteiger partial charge in [-0.1, -0.05) is 30.3 Å². The van der Waals surface area contributed by atoms with Crippen LogP contribution < -0.4 is 11.1 Å². The van der Waals surface area contributed by atoms with Crippen molar-refractivity contribution in [2.75, 3.05) is 25.4 Å². The summed E-state index contributed by atoms with van der Waals surface area (Å²) >= 11 is 0. The van der Waals surface area contributed by atoms with E-state index in [4.69, 9.17) is 10.3 Å². The Balaban J connectivity index is 1.91. The molecule has 2 atom stereocenters. The van der Waals surface area contributed by atoms with Gasteiger partial charge in [0.25, 0.3) is 10.1 Å². The summed E-state index contributed by atoms with van der Waals surface area (Å²) in [6.07, 6.45) is 0.255. The highest BCUT2D eigenvalue weighted by Gasteiger charge is 2.26. The second-order valence-corrected chi connectivity index (χ2v) is 6.65. The van der Waals surface area contributed by atoms with E-state index in [0.29, 0.717) is 19.5 Å². The minimum atomic E-state index is -3.89. The SMILES string of the molecule is NC1CNC(c2ccccc2)CN1CCCS(=O)(=O)O. The standard InChI is InChI=1S/C13H21N3O3S/c14-13-9-15-12(11-5-2-1-3-6-11)10-16(13)7-4-8-20(17,18)19/h1-3,5-6,12-13,15H,4,7-10,14H2,(H,17,18,19). The topological polar surface area (TPSA) is 95.7 Å². The van der Waals surface area contributed by atoms with E-state index < -0.39 is 10.1 Å². The maximum Gasteiger partial charge on any atom is 0.264 e. The Kier molecular flexibility index (Phi) is 5.11. The molecule has 1 heterocycles. The van der Waals surface area contributed by atoms with Crippen LogP contribution in [0.15, 0.2) is 30.3 Å². The van der Waals surface area contributed by atoms with Gasteiger partial charge in [0.15, 0.2) is 0 Å². The Morgan fingerprint density at radius 1 is 1.35 bits per heavy atom. The first kappa shape index (κ1) is 15.4. The summed E-state index contributed by atoms with van der Waals surface area (Å²) in [7, 11) is -3.89. The molecule has 0 aliphatic carbocycles. The number of nitrogens with two attached hydrogens (primary N) is 1. The molecule has 2 unspecified atom stereocenters. The summed E-state index contributed by atoms with van der Waals surface area (Å²) < 4.78 is 30.2. The third-order valence-corrected chi connectivity index (χ3v) is 4.31. The quantitative estimate of drug-likeness (QED) is 0.672. The lowest BCUT2D eigenvalue weighted by molar-refractivity contribution is 0.134. The molecule has 4 N–H and O–H groups in total. The van der Waals surface area contributed by atoms with E-state index in [1.165, 1.54) is 5.56 Å². The predicted octanol–water partition coefficient (Wildman–Crippen LogP) is 0.196. The average Bonchev–Trinajstić information content (AvgIpc) is 2.40. The van der Waals surface area contributed by atoms with Crippen molar-refractivity contribution >= 4 is 10.1 Å². The van der Waals surface area contributed by atoms with E-state index in [2.05, 4.69) is 22.3 Å². The van der Waals surface area contributed by atoms with Gasteiger partial charge in [-0.25, -0.2) is 0 Å². The highest BCUT2D eigenvalue weighted by atomic mass is 32.2. The molecule has 1 aromatic rings. The van der Waals surface area contributed by atoms with Crippen molar-refractivity contribution in [3.05, 3.63) is 35.9 Å². The van der Waals surface area contributed by atoms with Crippen molar-refractivity contribution < 1.29 is 13.0 Å². The maximum absolute atomic E-state index is 10.7. The maximum atomic E-state index is 10.7. The number of rotatable bonds is 5. The van der Waals surface area contributed by atoms with E-state index >= 15 is 0 Å². The molecule has 0 bridgehead atoms. The fourth-order valence-corrected chi connectivity index (χ4v) is 2.94. The van der Waals surface area contributed by atoms with Crippen LogP contribution >= 0.6 is 0 Å². The second kappa shape index (κ2) is 6.64. The second-order valence-electron chi connectivity index (χ2n) is 5.07. The van der Waals surface area contributed by atoms with Crippen LogP contribution in [0, 0.1) is 0 Å². The van der Waals surface area contributed by atoms with Crippen LogP contribution in [0.4, 0.5) is 0 Å². The van der Waals surface area contributed by atoms with Crippen LogP contribution in [-0.4, -0.2) is 49.4 Å². The molecule has 7 heteroatoms. The van der Waals surface area contributed by atoms with E-state index in [0.717, 1.165) is 6.54 Å². The summed E-state index contributed by atoms with van der Waals surface area (Å²) in [4.78, 5) is 2.05. The van der Waals surface area contributed by atoms with Gasteiger partial charge in [0, 0.05) is 25.7 Å². The van der Waals surface area contributed by atoms with E-state index in [9.17, 15) is 8.42 Å². The van der Waals surface area contributed by atoms with Gasteiger partial charge in [-0.05, 0) is 12.0 Å². The van der Waals surface area contributed by atoms with Crippen LogP contribution in [0.2, 0.25) is 0 Å². The summed E-state index contributed by atoms with van der Waals surface area (Å²) in [5.41, 5.74) is 7.21. The minimum Gasteiger partial charge on any atom is -0.315 e. The molecule has 1 fully saturated rings. The monoisotopic (exact) mass is 299 g/mol. The van der Waals surface area contributed by atoms with Crippen molar-refractivity contribution in [1.29, 1.82) is 0 Å². The van der Waals surface area contributed by atoms with Crippen molar-refractivity contribution in [2.45, 2.75) is 18.6 Å². The summed E-state index contributed by atoms with van der Waals surface area (Å²) in [5.74, 6) is -0.223. The molecule has 1 saturated heterocycles. The van der Waals surface area contributed by atoms with Crippen LogP contribution in [0.5, 0.6) is 0 Å². The number of piperazine rings is 1. The van der Waals surface area contributed by atoms with Gasteiger partial charge in [-0.3, -0.25) is 9.45 Å². The van der Waals surface area contributed by atoms with E-state index in [1.807, 2.05) is 18.2 Å². The molecule has 20 heavy (non-hydrogen) atoms. The largest absolute Gasteiger partial charge is 0.315 e. The molecule has 112 valence electrons. The molecule has 6 nitrogen and oxygen atoms in total. The van der Waals surface area contributed by atoms with Gasteiger partial charge < -0.3 is 11.1 Å². The van der Waals surface area contributed by atoms with E-state index in [1.54, 1.807) is 0 Å². The Hall–Kier alpha value is -0.990. The van der Waals surface area contributed by atoms with Gasteiger partial charge in [-0.2, -0.15) is 8.42 Å². The van der Waals surface area contributed by atoms with Crippen molar-refractivity contribution in [3.63, 3.8) is 0 Å². The van der Waals surface area contributed by atoms with Crippen LogP contribution in [-0.2, 0) is 10.1 Å². The van der Waals surface area contributed by atoms with Gasteiger partial charge in [0.1, 0.15) is 0 Å². The summed E-state index contributed by atoms with van der Waals surface area (Å²) in [6.45, 7) is 1.95. The molecule has 1 aliphatic rings. The van der Waals surface area contributed by atoms with E-state index in [-0.39, 0.29) is 18.0 Å². The van der Waals surface area contributed by atoms with Gasteiger partial charge in [-0.15, -0.1) is 0 Å². The Bertz CT molecular complexity index is 521. The Labute approximate surface area is 119 Å². The fraction of sp³-hybridized carbons (Fsp3) is 0.538. The zero-order valence-corrected chi connectivity index (χ0v) is 12.1. The van der Waals surface area contributed by atoms with Gasteiger partial charge >= 0.3 is 0 Å². The zero-order chi connectivity index (χ0) is 14.6. The number of benzene rings is 1. The minimum absolute atomic E-state index is 0.128. The normalized spacial score (nSPS) is 24.7. The molecule has 0 saturated carbocycles. The molecule has 1 aromatic carbocycles.